The molecular formula is C18H18FNO3. The molecule has 1 heterocycles. The van der Waals surface area contributed by atoms with E-state index in [1.165, 1.54) is 12.1 Å². The van der Waals surface area contributed by atoms with Crippen molar-refractivity contribution in [3.8, 4) is 11.5 Å². The molecule has 0 aromatic heterocycles. The molecule has 2 aromatic rings. The van der Waals surface area contributed by atoms with Crippen molar-refractivity contribution in [1.29, 1.82) is 0 Å². The second kappa shape index (κ2) is 5.51. The summed E-state index contributed by atoms with van der Waals surface area (Å²) in [6.07, 6.45) is 0.474. The molecule has 4 nitrogen and oxygen atoms in total. The Balaban J connectivity index is 1.86. The molecular weight excluding hydrogens is 297 g/mol. The van der Waals surface area contributed by atoms with Crippen molar-refractivity contribution < 1.29 is 19.3 Å². The van der Waals surface area contributed by atoms with Gasteiger partial charge in [-0.05, 0) is 43.5 Å². The van der Waals surface area contributed by atoms with E-state index in [1.807, 2.05) is 29.2 Å². The van der Waals surface area contributed by atoms with Crippen LogP contribution in [0, 0.1) is 5.82 Å². The number of nitrogens with zero attached hydrogens (tertiary/aromatic N) is 1. The van der Waals surface area contributed by atoms with Crippen LogP contribution in [0.15, 0.2) is 42.5 Å². The fraction of sp³-hybridized carbons (Fsp3) is 0.333. The molecule has 0 bridgehead atoms. The maximum atomic E-state index is 13.8. The lowest BCUT2D eigenvalue weighted by Gasteiger charge is -2.43. The highest BCUT2D eigenvalue weighted by Gasteiger charge is 2.39. The first-order chi connectivity index (χ1) is 11.1. The Kier molecular flexibility index (Phi) is 3.47. The van der Waals surface area contributed by atoms with E-state index in [0.29, 0.717) is 23.6 Å². The van der Waals surface area contributed by atoms with Gasteiger partial charge in [0.25, 0.3) is 0 Å². The molecule has 0 amide bonds. The van der Waals surface area contributed by atoms with Gasteiger partial charge in [-0.25, -0.2) is 4.39 Å². The van der Waals surface area contributed by atoms with E-state index in [9.17, 15) is 14.6 Å². The van der Waals surface area contributed by atoms with Crippen molar-refractivity contribution in [3.05, 3.63) is 48.3 Å². The number of para-hydroxylation sites is 2. The number of hydrogen-bond acceptors (Lipinski definition) is 4. The number of aliphatic hydroxyl groups excluding tert-OH is 2. The van der Waals surface area contributed by atoms with Gasteiger partial charge < -0.3 is 19.8 Å². The molecule has 4 rings (SSSR count). The van der Waals surface area contributed by atoms with Crippen LogP contribution in [0.2, 0.25) is 0 Å². The summed E-state index contributed by atoms with van der Waals surface area (Å²) in [5, 5.41) is 20.5. The van der Waals surface area contributed by atoms with Gasteiger partial charge in [-0.2, -0.15) is 0 Å². The molecule has 2 N–H and O–H groups in total. The third kappa shape index (κ3) is 2.36. The van der Waals surface area contributed by atoms with Crippen molar-refractivity contribution in [2.24, 2.45) is 0 Å². The summed E-state index contributed by atoms with van der Waals surface area (Å²) in [5.74, 6) is 0.860. The highest BCUT2D eigenvalue weighted by atomic mass is 19.1. The van der Waals surface area contributed by atoms with Gasteiger partial charge in [0.1, 0.15) is 11.9 Å². The van der Waals surface area contributed by atoms with Crippen molar-refractivity contribution in [1.82, 2.24) is 0 Å². The van der Waals surface area contributed by atoms with E-state index in [1.54, 1.807) is 6.07 Å². The zero-order valence-corrected chi connectivity index (χ0v) is 12.5. The smallest absolute Gasteiger partial charge is 0.151 e. The van der Waals surface area contributed by atoms with Gasteiger partial charge in [0, 0.05) is 6.07 Å². The van der Waals surface area contributed by atoms with E-state index in [-0.39, 0.29) is 11.9 Å². The maximum Gasteiger partial charge on any atom is 0.151 e. The Morgan fingerprint density at radius 1 is 1.00 bits per heavy atom. The summed E-state index contributed by atoms with van der Waals surface area (Å²) in [5.41, 5.74) is 1.37. The maximum absolute atomic E-state index is 13.8. The van der Waals surface area contributed by atoms with Gasteiger partial charge in [-0.1, -0.05) is 12.1 Å². The van der Waals surface area contributed by atoms with Crippen molar-refractivity contribution in [3.63, 3.8) is 0 Å². The molecule has 1 saturated carbocycles. The van der Waals surface area contributed by atoms with Gasteiger partial charge in [-0.3, -0.25) is 0 Å². The van der Waals surface area contributed by atoms with Crippen molar-refractivity contribution in [2.45, 2.75) is 37.5 Å². The molecule has 5 heteroatoms. The molecule has 2 aromatic carbocycles. The molecule has 0 spiro atoms. The van der Waals surface area contributed by atoms with Gasteiger partial charge in [0.15, 0.2) is 11.5 Å². The summed E-state index contributed by atoms with van der Waals surface area (Å²) < 4.78 is 19.7. The fourth-order valence-electron chi connectivity index (χ4n) is 3.53. The Bertz CT molecular complexity index is 736. The molecule has 0 saturated heterocycles. The Morgan fingerprint density at radius 2 is 1.78 bits per heavy atom. The van der Waals surface area contributed by atoms with Crippen LogP contribution in [-0.2, 0) is 0 Å². The molecule has 1 fully saturated rings. The van der Waals surface area contributed by atoms with Crippen LogP contribution in [0.3, 0.4) is 0 Å². The molecule has 0 radical (unpaired) electrons. The lowest BCUT2D eigenvalue weighted by Crippen LogP contribution is -2.50. The van der Waals surface area contributed by atoms with E-state index in [2.05, 4.69) is 0 Å². The third-order valence-electron chi connectivity index (χ3n) is 4.65. The van der Waals surface area contributed by atoms with E-state index in [4.69, 9.17) is 4.74 Å². The van der Waals surface area contributed by atoms with Crippen LogP contribution in [0.5, 0.6) is 11.5 Å². The Morgan fingerprint density at radius 3 is 2.65 bits per heavy atom. The molecule has 3 atom stereocenters. The number of aliphatic hydroxyl groups is 2. The summed E-state index contributed by atoms with van der Waals surface area (Å²) in [6, 6.07) is 11.5. The molecule has 2 aliphatic rings. The van der Waals surface area contributed by atoms with Crippen LogP contribution in [-0.4, -0.2) is 28.5 Å². The summed E-state index contributed by atoms with van der Waals surface area (Å²) in [4.78, 5) is 1.91. The number of ether oxygens (including phenoxy) is 1. The highest BCUT2D eigenvalue weighted by molar-refractivity contribution is 5.78. The average Bonchev–Trinajstić information content (AvgIpc) is 2.56. The molecule has 1 aliphatic carbocycles. The minimum atomic E-state index is -0.883. The van der Waals surface area contributed by atoms with Gasteiger partial charge in [-0.15, -0.1) is 0 Å². The van der Waals surface area contributed by atoms with E-state index < -0.39 is 12.2 Å². The number of anilines is 2. The zero-order chi connectivity index (χ0) is 16.0. The molecule has 1 aliphatic heterocycles. The predicted molar refractivity (Wildman–Crippen MR) is 84.7 cm³/mol. The minimum Gasteiger partial charge on any atom is -0.453 e. The third-order valence-corrected chi connectivity index (χ3v) is 4.65. The number of rotatable bonds is 1. The predicted octanol–water partition coefficient (Wildman–Crippen LogP) is 3.34. The van der Waals surface area contributed by atoms with Crippen LogP contribution < -0.4 is 9.64 Å². The fourth-order valence-corrected chi connectivity index (χ4v) is 3.53. The molecule has 120 valence electrons. The van der Waals surface area contributed by atoms with E-state index >= 15 is 0 Å². The second-order valence-electron chi connectivity index (χ2n) is 6.11. The molecule has 3 unspecified atom stereocenters. The van der Waals surface area contributed by atoms with Gasteiger partial charge >= 0.3 is 0 Å². The first-order valence-electron chi connectivity index (χ1n) is 7.87. The minimum absolute atomic E-state index is 0.315. The van der Waals surface area contributed by atoms with Crippen LogP contribution in [0.25, 0.3) is 0 Å². The Labute approximate surface area is 133 Å². The van der Waals surface area contributed by atoms with Crippen LogP contribution in [0.1, 0.15) is 19.3 Å². The molecule has 23 heavy (non-hydrogen) atoms. The first kappa shape index (κ1) is 14.5. The second-order valence-corrected chi connectivity index (χ2v) is 6.11. The normalized spacial score (nSPS) is 26.2. The number of hydrogen-bond donors (Lipinski definition) is 2. The number of fused-ring (bicyclic) bond motifs is 2. The SMILES string of the molecule is OC1CCCC(N2c3ccccc3Oc3ccc(F)cc32)C1O. The zero-order valence-electron chi connectivity index (χ0n) is 12.5. The Hall–Kier alpha value is -2.11. The van der Waals surface area contributed by atoms with Crippen LogP contribution in [0.4, 0.5) is 15.8 Å². The largest absolute Gasteiger partial charge is 0.453 e. The van der Waals surface area contributed by atoms with Crippen molar-refractivity contribution in [2.75, 3.05) is 4.90 Å². The van der Waals surface area contributed by atoms with E-state index in [0.717, 1.165) is 18.5 Å². The lowest BCUT2D eigenvalue weighted by molar-refractivity contribution is -0.0206. The van der Waals surface area contributed by atoms with Gasteiger partial charge in [0.05, 0.1) is 23.5 Å². The highest BCUT2D eigenvalue weighted by Crippen LogP contribution is 2.49. The summed E-state index contributed by atoms with van der Waals surface area (Å²) in [7, 11) is 0. The summed E-state index contributed by atoms with van der Waals surface area (Å²) in [6.45, 7) is 0. The number of benzene rings is 2. The summed E-state index contributed by atoms with van der Waals surface area (Å²) >= 11 is 0. The van der Waals surface area contributed by atoms with Crippen LogP contribution >= 0.6 is 0 Å². The first-order valence-corrected chi connectivity index (χ1v) is 7.87. The topological polar surface area (TPSA) is 52.9 Å². The average molecular weight is 315 g/mol. The monoisotopic (exact) mass is 315 g/mol. The quantitative estimate of drug-likeness (QED) is 0.847. The number of halogens is 1. The lowest BCUT2D eigenvalue weighted by atomic mass is 9.88. The standard InChI is InChI=1S/C18H18FNO3/c19-11-8-9-17-14(10-11)20(12-4-1-2-7-16(12)23-17)13-5-3-6-15(21)18(13)22/h1-2,4,7-10,13,15,18,21-22H,3,5-6H2. The van der Waals surface area contributed by atoms with Gasteiger partial charge in [0.2, 0.25) is 0 Å². The van der Waals surface area contributed by atoms with Crippen molar-refractivity contribution >= 4 is 11.4 Å².